The maximum absolute atomic E-state index is 9.56. The average molecular weight is 158 g/mol. The van der Waals surface area contributed by atoms with E-state index in [4.69, 9.17) is 9.84 Å². The average Bonchev–Trinajstić information content (AvgIpc) is 2.46. The maximum Gasteiger partial charge on any atom is 0.155 e. The number of hydrogen-bond acceptors (Lipinski definition) is 3. The molecule has 11 heavy (non-hydrogen) atoms. The van der Waals surface area contributed by atoms with Crippen molar-refractivity contribution in [3.63, 3.8) is 0 Å². The molecule has 3 heteroatoms. The Kier molecular flexibility index (Phi) is 1.67. The minimum absolute atomic E-state index is 0.348. The molecular formula is C8H14O3. The normalized spacial score (nSPS) is 50.7. The smallest absolute Gasteiger partial charge is 0.155 e. The number of ether oxygens (including phenoxy) is 1. The first-order valence-corrected chi connectivity index (χ1v) is 4.27. The summed E-state index contributed by atoms with van der Waals surface area (Å²) in [6, 6.07) is 0. The molecule has 0 amide bonds. The van der Waals surface area contributed by atoms with Gasteiger partial charge >= 0.3 is 0 Å². The monoisotopic (exact) mass is 158 g/mol. The number of aliphatic hydroxyl groups excluding tert-OH is 2. The first-order chi connectivity index (χ1) is 5.23. The van der Waals surface area contributed by atoms with E-state index in [1.807, 2.05) is 0 Å². The van der Waals surface area contributed by atoms with Gasteiger partial charge in [0.2, 0.25) is 0 Å². The van der Waals surface area contributed by atoms with Crippen LogP contribution in [0.2, 0.25) is 0 Å². The van der Waals surface area contributed by atoms with Gasteiger partial charge in [-0.15, -0.1) is 0 Å². The van der Waals surface area contributed by atoms with Gasteiger partial charge in [-0.3, -0.25) is 0 Å². The van der Waals surface area contributed by atoms with Crippen molar-refractivity contribution in [3.8, 4) is 0 Å². The molecule has 0 radical (unpaired) electrons. The SMILES string of the molecule is OC1CCC2(CCCC2O)O1. The van der Waals surface area contributed by atoms with Gasteiger partial charge in [0.15, 0.2) is 6.29 Å². The Morgan fingerprint density at radius 2 is 2.00 bits per heavy atom. The summed E-state index contributed by atoms with van der Waals surface area (Å²) < 4.78 is 5.33. The summed E-state index contributed by atoms with van der Waals surface area (Å²) in [4.78, 5) is 0. The molecule has 0 aromatic heterocycles. The van der Waals surface area contributed by atoms with Gasteiger partial charge in [0.1, 0.15) is 0 Å². The van der Waals surface area contributed by atoms with E-state index in [0.29, 0.717) is 6.42 Å². The predicted octanol–water partition coefficient (Wildman–Crippen LogP) is 0.399. The molecule has 3 unspecified atom stereocenters. The van der Waals surface area contributed by atoms with E-state index in [2.05, 4.69) is 0 Å². The van der Waals surface area contributed by atoms with Crippen molar-refractivity contribution in [1.82, 2.24) is 0 Å². The van der Waals surface area contributed by atoms with E-state index in [1.54, 1.807) is 0 Å². The third kappa shape index (κ3) is 1.08. The van der Waals surface area contributed by atoms with Crippen LogP contribution in [0.1, 0.15) is 32.1 Å². The summed E-state index contributed by atoms with van der Waals surface area (Å²) in [5.41, 5.74) is -0.376. The Bertz CT molecular complexity index is 159. The van der Waals surface area contributed by atoms with Crippen LogP contribution in [0.25, 0.3) is 0 Å². The molecule has 64 valence electrons. The van der Waals surface area contributed by atoms with Gasteiger partial charge in [-0.2, -0.15) is 0 Å². The molecular weight excluding hydrogens is 144 g/mol. The van der Waals surface area contributed by atoms with E-state index < -0.39 is 6.29 Å². The standard InChI is InChI=1S/C8H14O3/c9-6-2-1-4-8(6)5-3-7(10)11-8/h6-7,9-10H,1-5H2. The number of rotatable bonds is 0. The van der Waals surface area contributed by atoms with Crippen LogP contribution in [0, 0.1) is 0 Å². The molecule has 0 aromatic carbocycles. The molecule has 2 N–H and O–H groups in total. The van der Waals surface area contributed by atoms with Crippen LogP contribution in [0.5, 0.6) is 0 Å². The zero-order valence-electron chi connectivity index (χ0n) is 6.49. The molecule has 1 spiro atoms. The summed E-state index contributed by atoms with van der Waals surface area (Å²) >= 11 is 0. The fourth-order valence-corrected chi connectivity index (χ4v) is 2.21. The van der Waals surface area contributed by atoms with Gasteiger partial charge in [-0.05, 0) is 25.7 Å². The van der Waals surface area contributed by atoms with Crippen molar-refractivity contribution < 1.29 is 14.9 Å². The van der Waals surface area contributed by atoms with Gasteiger partial charge in [0.25, 0.3) is 0 Å². The highest BCUT2D eigenvalue weighted by Gasteiger charge is 2.48. The minimum Gasteiger partial charge on any atom is -0.390 e. The van der Waals surface area contributed by atoms with E-state index in [-0.39, 0.29) is 11.7 Å². The quantitative estimate of drug-likeness (QED) is 0.536. The Balaban J connectivity index is 2.10. The fourth-order valence-electron chi connectivity index (χ4n) is 2.21. The van der Waals surface area contributed by atoms with Gasteiger partial charge < -0.3 is 14.9 Å². The first kappa shape index (κ1) is 7.53. The van der Waals surface area contributed by atoms with Gasteiger partial charge in [0.05, 0.1) is 11.7 Å². The molecule has 3 atom stereocenters. The third-order valence-electron chi connectivity index (χ3n) is 2.87. The Morgan fingerprint density at radius 3 is 2.45 bits per heavy atom. The van der Waals surface area contributed by atoms with Crippen LogP contribution in [-0.4, -0.2) is 28.2 Å². The van der Waals surface area contributed by atoms with E-state index in [9.17, 15) is 5.11 Å². The third-order valence-corrected chi connectivity index (χ3v) is 2.87. The lowest BCUT2D eigenvalue weighted by molar-refractivity contribution is -0.166. The largest absolute Gasteiger partial charge is 0.390 e. The van der Waals surface area contributed by atoms with Crippen molar-refractivity contribution >= 4 is 0 Å². The molecule has 1 aliphatic heterocycles. The molecule has 3 nitrogen and oxygen atoms in total. The number of hydrogen-bond donors (Lipinski definition) is 2. The van der Waals surface area contributed by atoms with E-state index >= 15 is 0 Å². The summed E-state index contributed by atoms with van der Waals surface area (Å²) in [7, 11) is 0. The maximum atomic E-state index is 9.56. The van der Waals surface area contributed by atoms with Crippen molar-refractivity contribution in [2.75, 3.05) is 0 Å². The topological polar surface area (TPSA) is 49.7 Å². The molecule has 2 rings (SSSR count). The first-order valence-electron chi connectivity index (χ1n) is 4.27. The second-order valence-electron chi connectivity index (χ2n) is 3.58. The zero-order valence-corrected chi connectivity index (χ0v) is 6.49. The second kappa shape index (κ2) is 2.44. The van der Waals surface area contributed by atoms with Crippen LogP contribution < -0.4 is 0 Å². The lowest BCUT2D eigenvalue weighted by Gasteiger charge is -2.26. The summed E-state index contributed by atoms with van der Waals surface area (Å²) in [6.07, 6.45) is 3.26. The zero-order chi connectivity index (χ0) is 7.90. The van der Waals surface area contributed by atoms with Crippen molar-refractivity contribution in [1.29, 1.82) is 0 Å². The van der Waals surface area contributed by atoms with Crippen LogP contribution in [0.3, 0.4) is 0 Å². The summed E-state index contributed by atoms with van der Waals surface area (Å²) in [6.45, 7) is 0. The van der Waals surface area contributed by atoms with Crippen molar-refractivity contribution in [2.24, 2.45) is 0 Å². The van der Waals surface area contributed by atoms with Crippen molar-refractivity contribution in [2.45, 2.75) is 50.1 Å². The van der Waals surface area contributed by atoms with Crippen LogP contribution in [0.15, 0.2) is 0 Å². The number of aliphatic hydroxyl groups is 2. The van der Waals surface area contributed by atoms with E-state index in [1.165, 1.54) is 0 Å². The van der Waals surface area contributed by atoms with Crippen molar-refractivity contribution in [3.05, 3.63) is 0 Å². The molecule has 1 heterocycles. The highest BCUT2D eigenvalue weighted by Crippen LogP contribution is 2.42. The molecule has 2 fully saturated rings. The Labute approximate surface area is 66.0 Å². The lowest BCUT2D eigenvalue weighted by Crippen LogP contribution is -2.37. The van der Waals surface area contributed by atoms with Crippen LogP contribution >= 0.6 is 0 Å². The molecule has 0 aromatic rings. The molecule has 1 saturated heterocycles. The molecule has 2 aliphatic rings. The minimum atomic E-state index is -0.636. The predicted molar refractivity (Wildman–Crippen MR) is 38.9 cm³/mol. The molecule has 0 bridgehead atoms. The highest BCUT2D eigenvalue weighted by atomic mass is 16.6. The Hall–Kier alpha value is -0.120. The van der Waals surface area contributed by atoms with Gasteiger partial charge in [-0.25, -0.2) is 0 Å². The fraction of sp³-hybridized carbons (Fsp3) is 1.00. The highest BCUT2D eigenvalue weighted by molar-refractivity contribution is 4.97. The van der Waals surface area contributed by atoms with E-state index in [0.717, 1.165) is 25.7 Å². The van der Waals surface area contributed by atoms with Crippen LogP contribution in [-0.2, 0) is 4.74 Å². The summed E-state index contributed by atoms with van der Waals surface area (Å²) in [5.74, 6) is 0. The van der Waals surface area contributed by atoms with Gasteiger partial charge in [-0.1, -0.05) is 0 Å². The second-order valence-corrected chi connectivity index (χ2v) is 3.58. The van der Waals surface area contributed by atoms with Crippen LogP contribution in [0.4, 0.5) is 0 Å². The molecule has 1 saturated carbocycles. The lowest BCUT2D eigenvalue weighted by atomic mass is 9.96. The van der Waals surface area contributed by atoms with Gasteiger partial charge in [0, 0.05) is 6.42 Å². The molecule has 1 aliphatic carbocycles. The summed E-state index contributed by atoms with van der Waals surface area (Å²) in [5, 5.41) is 18.7. The Morgan fingerprint density at radius 1 is 1.18 bits per heavy atom.